The first-order valence-corrected chi connectivity index (χ1v) is 12.2. The molecule has 1 spiro atoms. The number of halogens is 1. The molecule has 0 bridgehead atoms. The van der Waals surface area contributed by atoms with E-state index in [0.29, 0.717) is 54.6 Å². The number of carbonyl (C=O) groups excluding carboxylic acids is 2. The maximum Gasteiger partial charge on any atom is 0.341 e. The molecule has 2 aliphatic rings. The fourth-order valence-electron chi connectivity index (χ4n) is 4.80. The highest BCUT2D eigenvalue weighted by Gasteiger charge is 2.39. The molecule has 8 nitrogen and oxygen atoms in total. The van der Waals surface area contributed by atoms with Crippen molar-refractivity contribution in [3.8, 4) is 5.75 Å². The minimum absolute atomic E-state index is 0.00657. The molecule has 0 aliphatic carbocycles. The number of ether oxygens (including phenoxy) is 3. The van der Waals surface area contributed by atoms with Crippen LogP contribution in [0.15, 0.2) is 18.2 Å². The molecule has 1 N–H and O–H groups in total. The number of fused-ring (bicyclic) bond motifs is 1. The van der Waals surface area contributed by atoms with E-state index >= 15 is 0 Å². The van der Waals surface area contributed by atoms with Crippen molar-refractivity contribution in [2.75, 3.05) is 33.5 Å². The van der Waals surface area contributed by atoms with Crippen LogP contribution in [-0.2, 0) is 28.9 Å². The van der Waals surface area contributed by atoms with Crippen LogP contribution < -0.4 is 10.1 Å². The van der Waals surface area contributed by atoms with Gasteiger partial charge in [0.05, 0.1) is 30.7 Å². The molecule has 34 heavy (non-hydrogen) atoms. The van der Waals surface area contributed by atoms with Gasteiger partial charge in [0, 0.05) is 37.2 Å². The molecule has 1 atom stereocenters. The van der Waals surface area contributed by atoms with Gasteiger partial charge in [0.1, 0.15) is 11.3 Å². The van der Waals surface area contributed by atoms with Crippen LogP contribution in [0, 0.1) is 11.3 Å². The molecule has 0 saturated carbocycles. The van der Waals surface area contributed by atoms with E-state index in [9.17, 15) is 9.59 Å². The average molecular weight is 490 g/mol. The molecule has 9 heteroatoms. The number of hydrogen-bond acceptors (Lipinski definition) is 6. The maximum atomic E-state index is 13.0. The Balaban J connectivity index is 1.50. The zero-order chi connectivity index (χ0) is 24.3. The van der Waals surface area contributed by atoms with Gasteiger partial charge in [0.2, 0.25) is 0 Å². The Morgan fingerprint density at radius 2 is 2.12 bits per heavy atom. The molecule has 1 amide bonds. The SMILES string of the molecule is CCc1nn(C[C@@H](C)COC(=O)c2ccc(Cl)cc2OC)c2c1C(=O)NCC1(CCOCC1)C2. The van der Waals surface area contributed by atoms with Gasteiger partial charge < -0.3 is 19.5 Å². The van der Waals surface area contributed by atoms with E-state index in [1.807, 2.05) is 18.5 Å². The summed E-state index contributed by atoms with van der Waals surface area (Å²) in [5.74, 6) is -0.138. The second kappa shape index (κ2) is 10.4. The lowest BCUT2D eigenvalue weighted by atomic mass is 9.76. The molecule has 1 fully saturated rings. The van der Waals surface area contributed by atoms with Crippen molar-refractivity contribution >= 4 is 23.5 Å². The second-order valence-electron chi connectivity index (χ2n) is 9.32. The quantitative estimate of drug-likeness (QED) is 0.596. The molecule has 184 valence electrons. The summed E-state index contributed by atoms with van der Waals surface area (Å²) in [7, 11) is 1.49. The number of benzene rings is 1. The molecule has 2 aromatic rings. The molecule has 2 aliphatic heterocycles. The average Bonchev–Trinajstić information content (AvgIpc) is 3.10. The number of aromatic nitrogens is 2. The number of rotatable bonds is 7. The molecular weight excluding hydrogens is 458 g/mol. The summed E-state index contributed by atoms with van der Waals surface area (Å²) < 4.78 is 18.4. The summed E-state index contributed by atoms with van der Waals surface area (Å²) in [4.78, 5) is 25.6. The van der Waals surface area contributed by atoms with Crippen LogP contribution in [0.2, 0.25) is 5.02 Å². The van der Waals surface area contributed by atoms with Crippen molar-refractivity contribution in [2.24, 2.45) is 11.3 Å². The van der Waals surface area contributed by atoms with Gasteiger partial charge >= 0.3 is 5.97 Å². The van der Waals surface area contributed by atoms with E-state index in [0.717, 1.165) is 30.7 Å². The van der Waals surface area contributed by atoms with E-state index < -0.39 is 5.97 Å². The topological polar surface area (TPSA) is 91.7 Å². The maximum absolute atomic E-state index is 13.0. The van der Waals surface area contributed by atoms with Gasteiger partial charge in [-0.3, -0.25) is 9.48 Å². The third-order valence-electron chi connectivity index (χ3n) is 6.78. The first-order chi connectivity index (χ1) is 16.4. The summed E-state index contributed by atoms with van der Waals surface area (Å²) in [5.41, 5.74) is 2.82. The number of esters is 1. The van der Waals surface area contributed by atoms with Crippen LogP contribution >= 0.6 is 11.6 Å². The smallest absolute Gasteiger partial charge is 0.341 e. The first kappa shape index (κ1) is 24.5. The number of nitrogens with one attached hydrogen (secondary N) is 1. The van der Waals surface area contributed by atoms with Crippen LogP contribution in [-0.4, -0.2) is 55.1 Å². The van der Waals surface area contributed by atoms with Gasteiger partial charge in [-0.1, -0.05) is 25.4 Å². The van der Waals surface area contributed by atoms with Crippen molar-refractivity contribution in [1.29, 1.82) is 0 Å². The zero-order valence-electron chi connectivity index (χ0n) is 20.0. The number of nitrogens with zero attached hydrogens (tertiary/aromatic N) is 2. The van der Waals surface area contributed by atoms with Gasteiger partial charge in [-0.2, -0.15) is 5.10 Å². The summed E-state index contributed by atoms with van der Waals surface area (Å²) in [6.45, 7) is 6.86. The van der Waals surface area contributed by atoms with Crippen molar-refractivity contribution in [3.05, 3.63) is 45.7 Å². The summed E-state index contributed by atoms with van der Waals surface area (Å²) >= 11 is 5.99. The number of carbonyl (C=O) groups is 2. The highest BCUT2D eigenvalue weighted by atomic mass is 35.5. The molecular formula is C25H32ClN3O5. The van der Waals surface area contributed by atoms with Gasteiger partial charge in [-0.25, -0.2) is 4.79 Å². The van der Waals surface area contributed by atoms with Gasteiger partial charge in [-0.15, -0.1) is 0 Å². The van der Waals surface area contributed by atoms with Crippen LogP contribution in [0.25, 0.3) is 0 Å². The molecule has 0 unspecified atom stereocenters. The van der Waals surface area contributed by atoms with Crippen LogP contribution in [0.5, 0.6) is 5.75 Å². The largest absolute Gasteiger partial charge is 0.496 e. The van der Waals surface area contributed by atoms with Crippen LogP contribution in [0.3, 0.4) is 0 Å². The molecule has 1 aromatic heterocycles. The Labute approximate surface area is 204 Å². The van der Waals surface area contributed by atoms with Crippen molar-refractivity contribution < 1.29 is 23.8 Å². The van der Waals surface area contributed by atoms with Gasteiger partial charge in [-0.05, 0) is 49.3 Å². The van der Waals surface area contributed by atoms with Crippen molar-refractivity contribution in [2.45, 2.75) is 46.1 Å². The molecule has 3 heterocycles. The zero-order valence-corrected chi connectivity index (χ0v) is 20.7. The predicted octanol–water partition coefficient (Wildman–Crippen LogP) is 3.68. The Morgan fingerprint density at radius 3 is 2.82 bits per heavy atom. The minimum atomic E-state index is -0.463. The summed E-state index contributed by atoms with van der Waals surface area (Å²) in [6, 6.07) is 4.82. The Hall–Kier alpha value is -2.58. The van der Waals surface area contributed by atoms with E-state index in [1.54, 1.807) is 18.2 Å². The Bertz CT molecular complexity index is 1060. The number of aryl methyl sites for hydroxylation is 1. The lowest BCUT2D eigenvalue weighted by Crippen LogP contribution is -2.41. The number of hydrogen-bond donors (Lipinski definition) is 1. The van der Waals surface area contributed by atoms with Crippen molar-refractivity contribution in [3.63, 3.8) is 0 Å². The third kappa shape index (κ3) is 5.08. The van der Waals surface area contributed by atoms with E-state index in [-0.39, 0.29) is 23.8 Å². The molecule has 1 saturated heterocycles. The van der Waals surface area contributed by atoms with Crippen LogP contribution in [0.4, 0.5) is 0 Å². The van der Waals surface area contributed by atoms with Crippen LogP contribution in [0.1, 0.15) is 58.8 Å². The van der Waals surface area contributed by atoms with Crippen molar-refractivity contribution in [1.82, 2.24) is 15.1 Å². The summed E-state index contributed by atoms with van der Waals surface area (Å²) in [6.07, 6.45) is 3.29. The fraction of sp³-hybridized carbons (Fsp3) is 0.560. The highest BCUT2D eigenvalue weighted by Crippen LogP contribution is 2.37. The lowest BCUT2D eigenvalue weighted by molar-refractivity contribution is 0.0151. The van der Waals surface area contributed by atoms with E-state index in [4.69, 9.17) is 30.9 Å². The summed E-state index contributed by atoms with van der Waals surface area (Å²) in [5, 5.41) is 8.41. The monoisotopic (exact) mass is 489 g/mol. The minimum Gasteiger partial charge on any atom is -0.496 e. The normalized spacial score (nSPS) is 18.1. The molecule has 4 rings (SSSR count). The molecule has 0 radical (unpaired) electrons. The second-order valence-corrected chi connectivity index (χ2v) is 9.76. The standard InChI is InChI=1S/C25H32ClN3O5/c1-4-19-22-20(12-25(15-27-23(22)30)7-9-33-10-8-25)29(28-19)13-16(2)14-34-24(31)18-6-5-17(26)11-21(18)32-3/h5-6,11,16H,4,7-10,12-15H2,1-3H3,(H,27,30)/t16-/m1/s1. The van der Waals surface area contributed by atoms with Gasteiger partial charge in [0.15, 0.2) is 0 Å². The van der Waals surface area contributed by atoms with Gasteiger partial charge in [0.25, 0.3) is 5.91 Å². The Morgan fingerprint density at radius 1 is 1.35 bits per heavy atom. The fourth-order valence-corrected chi connectivity index (χ4v) is 4.96. The first-order valence-electron chi connectivity index (χ1n) is 11.8. The van der Waals surface area contributed by atoms with E-state index in [1.165, 1.54) is 7.11 Å². The Kier molecular flexibility index (Phi) is 7.48. The van der Waals surface area contributed by atoms with E-state index in [2.05, 4.69) is 5.32 Å². The molecule has 1 aromatic carbocycles. The lowest BCUT2D eigenvalue weighted by Gasteiger charge is -2.36. The predicted molar refractivity (Wildman–Crippen MR) is 128 cm³/mol. The third-order valence-corrected chi connectivity index (χ3v) is 7.01. The highest BCUT2D eigenvalue weighted by molar-refractivity contribution is 6.30. The number of amides is 1. The number of methoxy groups -OCH3 is 1.